The zero-order chi connectivity index (χ0) is 40.2. The minimum absolute atomic E-state index is 0.0292. The van der Waals surface area contributed by atoms with Crippen LogP contribution >= 0.6 is 0 Å². The van der Waals surface area contributed by atoms with Gasteiger partial charge in [-0.3, -0.25) is 0 Å². The van der Waals surface area contributed by atoms with E-state index in [1.54, 1.807) is 36.4 Å². The molecule has 12 atom stereocenters. The Labute approximate surface area is 318 Å². The van der Waals surface area contributed by atoms with Gasteiger partial charge in [-0.15, -0.1) is 0 Å². The van der Waals surface area contributed by atoms with Crippen molar-refractivity contribution in [2.75, 3.05) is 13.2 Å². The molecule has 0 unspecified atom stereocenters. The van der Waals surface area contributed by atoms with Crippen LogP contribution in [0.15, 0.2) is 66.7 Å². The Morgan fingerprint density at radius 3 is 1.48 bits per heavy atom. The minimum Gasteiger partial charge on any atom is -0.508 e. The highest BCUT2D eigenvalue weighted by molar-refractivity contribution is 5.77. The molecule has 4 aromatic rings. The van der Waals surface area contributed by atoms with Crippen LogP contribution in [0.2, 0.25) is 0 Å². The summed E-state index contributed by atoms with van der Waals surface area (Å²) >= 11 is 0. The van der Waals surface area contributed by atoms with E-state index in [4.69, 9.17) is 14.2 Å². The van der Waals surface area contributed by atoms with Crippen molar-refractivity contribution in [3.63, 3.8) is 0 Å². The van der Waals surface area contributed by atoms with Crippen molar-refractivity contribution in [2.24, 2.45) is 0 Å². The van der Waals surface area contributed by atoms with E-state index in [9.17, 15) is 66.4 Å². The van der Waals surface area contributed by atoms with Crippen molar-refractivity contribution >= 4 is 12.2 Å². The summed E-state index contributed by atoms with van der Waals surface area (Å²) in [7, 11) is 0. The van der Waals surface area contributed by atoms with E-state index in [0.717, 1.165) is 0 Å². The molecule has 0 bridgehead atoms. The Hall–Kier alpha value is -4.98. The number of aromatic hydroxyl groups is 5. The number of benzene rings is 4. The van der Waals surface area contributed by atoms with Gasteiger partial charge in [0.2, 0.25) is 0 Å². The maximum atomic E-state index is 11.6. The molecular weight excluding hydrogens is 736 g/mol. The Kier molecular flexibility index (Phi) is 10.9. The van der Waals surface area contributed by atoms with E-state index in [-0.39, 0.29) is 33.9 Å². The van der Waals surface area contributed by atoms with Crippen LogP contribution in [0.5, 0.6) is 34.5 Å². The van der Waals surface area contributed by atoms with Gasteiger partial charge in [0, 0.05) is 5.56 Å². The van der Waals surface area contributed by atoms with Crippen molar-refractivity contribution in [1.29, 1.82) is 0 Å². The van der Waals surface area contributed by atoms with Crippen LogP contribution in [-0.4, -0.2) is 128 Å². The van der Waals surface area contributed by atoms with Crippen molar-refractivity contribution in [3.8, 4) is 34.5 Å². The van der Waals surface area contributed by atoms with Crippen molar-refractivity contribution in [2.45, 2.75) is 73.1 Å². The Balaban J connectivity index is 1.44. The molecule has 3 heterocycles. The summed E-state index contributed by atoms with van der Waals surface area (Å²) in [4.78, 5) is 0. The molecule has 4 aromatic carbocycles. The second kappa shape index (κ2) is 15.5. The fourth-order valence-electron chi connectivity index (χ4n) is 7.74. The third-order valence-corrected chi connectivity index (χ3v) is 10.7. The SMILES string of the molecule is OC[C@H]1O[C@@H](c2c(O)cc([C@@H]3c4c(/C=C\c5ccc(O)cc5)cc(O)c([C@@H]5O[C@H](CO)[C@@H](O)[C@H](O)[C@H]5O)c4O[C@H]3c3ccc(O)cc3)cc2O)[C@H](O)[C@@H](O)[C@@H]1O. The van der Waals surface area contributed by atoms with Gasteiger partial charge in [0.05, 0.1) is 30.3 Å². The van der Waals surface area contributed by atoms with Crippen LogP contribution in [0.4, 0.5) is 0 Å². The molecule has 0 spiro atoms. The number of phenolic OH excluding ortho intramolecular Hbond substituents is 5. The quantitative estimate of drug-likeness (QED) is 0.110. The van der Waals surface area contributed by atoms with Gasteiger partial charge in [0.25, 0.3) is 0 Å². The first-order valence-corrected chi connectivity index (χ1v) is 17.7. The average molecular weight is 779 g/mol. The first-order valence-electron chi connectivity index (χ1n) is 17.7. The molecule has 0 aliphatic carbocycles. The van der Waals surface area contributed by atoms with E-state index in [2.05, 4.69) is 0 Å². The summed E-state index contributed by atoms with van der Waals surface area (Å²) in [6.07, 6.45) is -14.3. The molecule has 3 aliphatic heterocycles. The monoisotopic (exact) mass is 778 g/mol. The van der Waals surface area contributed by atoms with Crippen molar-refractivity contribution in [1.82, 2.24) is 0 Å². The molecule has 0 radical (unpaired) electrons. The Morgan fingerprint density at radius 1 is 0.482 bits per heavy atom. The zero-order valence-electron chi connectivity index (χ0n) is 29.4. The van der Waals surface area contributed by atoms with E-state index in [0.29, 0.717) is 22.3 Å². The molecular formula is C40H42O16. The lowest BCUT2D eigenvalue weighted by Gasteiger charge is -2.40. The third kappa shape index (κ3) is 6.90. The highest BCUT2D eigenvalue weighted by atomic mass is 16.6. The number of hydrogen-bond acceptors (Lipinski definition) is 16. The molecule has 56 heavy (non-hydrogen) atoms. The summed E-state index contributed by atoms with van der Waals surface area (Å²) in [6.45, 7) is -1.51. The van der Waals surface area contributed by atoms with Gasteiger partial charge in [-0.25, -0.2) is 0 Å². The largest absolute Gasteiger partial charge is 0.508 e. The lowest BCUT2D eigenvalue weighted by Crippen LogP contribution is -2.55. The third-order valence-electron chi connectivity index (χ3n) is 10.7. The van der Waals surface area contributed by atoms with Gasteiger partial charge in [-0.2, -0.15) is 0 Å². The lowest BCUT2D eigenvalue weighted by atomic mass is 9.80. The summed E-state index contributed by atoms with van der Waals surface area (Å²) < 4.78 is 18.1. The average Bonchev–Trinajstić information content (AvgIpc) is 3.57. The van der Waals surface area contributed by atoms with Gasteiger partial charge < -0.3 is 80.6 Å². The van der Waals surface area contributed by atoms with Crippen molar-refractivity contribution in [3.05, 3.63) is 106 Å². The summed E-state index contributed by atoms with van der Waals surface area (Å²) in [5, 5.41) is 138. The lowest BCUT2D eigenvalue weighted by molar-refractivity contribution is -0.232. The zero-order valence-corrected chi connectivity index (χ0v) is 29.4. The summed E-state index contributed by atoms with van der Waals surface area (Å²) in [5.41, 5.74) is 1.40. The highest BCUT2D eigenvalue weighted by Gasteiger charge is 2.50. The highest BCUT2D eigenvalue weighted by Crippen LogP contribution is 2.58. The smallest absolute Gasteiger partial charge is 0.135 e. The van der Waals surface area contributed by atoms with Crippen LogP contribution in [0.3, 0.4) is 0 Å². The molecule has 2 fully saturated rings. The van der Waals surface area contributed by atoms with Gasteiger partial charge in [0.1, 0.15) is 102 Å². The fraction of sp³-hybridized carbons (Fsp3) is 0.350. The summed E-state index contributed by atoms with van der Waals surface area (Å²) in [5.74, 6) is -2.79. The van der Waals surface area contributed by atoms with Gasteiger partial charge >= 0.3 is 0 Å². The van der Waals surface area contributed by atoms with E-state index in [1.807, 2.05) is 0 Å². The van der Waals surface area contributed by atoms with E-state index in [1.165, 1.54) is 42.5 Å². The van der Waals surface area contributed by atoms with Crippen LogP contribution in [-0.2, 0) is 9.47 Å². The molecule has 298 valence electrons. The maximum absolute atomic E-state index is 11.6. The molecule has 7 rings (SSSR count). The topological polar surface area (TPSA) is 291 Å². The number of aliphatic hydroxyl groups excluding tert-OH is 8. The molecule has 2 saturated heterocycles. The van der Waals surface area contributed by atoms with Gasteiger partial charge in [-0.1, -0.05) is 36.4 Å². The number of fused-ring (bicyclic) bond motifs is 1. The van der Waals surface area contributed by atoms with E-state index < -0.39 is 104 Å². The molecule has 0 saturated carbocycles. The van der Waals surface area contributed by atoms with Crippen LogP contribution < -0.4 is 4.74 Å². The van der Waals surface area contributed by atoms with Crippen LogP contribution in [0.1, 0.15) is 63.2 Å². The van der Waals surface area contributed by atoms with Crippen LogP contribution in [0, 0.1) is 0 Å². The fourth-order valence-corrected chi connectivity index (χ4v) is 7.74. The first-order chi connectivity index (χ1) is 26.7. The van der Waals surface area contributed by atoms with E-state index >= 15 is 0 Å². The predicted molar refractivity (Wildman–Crippen MR) is 194 cm³/mol. The molecule has 13 N–H and O–H groups in total. The van der Waals surface area contributed by atoms with Gasteiger partial charge in [-0.05, 0) is 64.7 Å². The standard InChI is InChI=1S/C40H42O16/c41-14-25-31(48)33(50)35(52)39(54-25)29-22(45)12-19(13-23(29)46)28-27-18(4-1-16-2-7-20(43)8-3-16)11-24(47)30(40-36(53)34(51)32(49)26(15-42)55-40)38(27)56-37(28)17-5-9-21(44)10-6-17/h1-13,25-26,28,31-37,39-53H,14-15H2/b4-1-/t25-,26-,28-,31-,32-,33+,34+,35-,36-,37+,39+,40+/m1/s1. The molecule has 3 aliphatic rings. The normalized spacial score (nSPS) is 31.6. The second-order valence-electron chi connectivity index (χ2n) is 14.1. The maximum Gasteiger partial charge on any atom is 0.135 e. The number of ether oxygens (including phenoxy) is 3. The first kappa shape index (κ1) is 39.3. The number of aliphatic hydroxyl groups is 8. The van der Waals surface area contributed by atoms with Crippen molar-refractivity contribution < 1.29 is 80.6 Å². The molecule has 0 aromatic heterocycles. The number of hydrogen-bond donors (Lipinski definition) is 13. The Morgan fingerprint density at radius 2 is 0.964 bits per heavy atom. The minimum atomic E-state index is -1.84. The van der Waals surface area contributed by atoms with Crippen LogP contribution in [0.25, 0.3) is 12.2 Å². The Bertz CT molecular complexity index is 2040. The molecule has 0 amide bonds. The molecule has 16 nitrogen and oxygen atoms in total. The van der Waals surface area contributed by atoms with Gasteiger partial charge in [0.15, 0.2) is 0 Å². The number of phenols is 5. The summed E-state index contributed by atoms with van der Waals surface area (Å²) in [6, 6.07) is 16.0. The predicted octanol–water partition coefficient (Wildman–Crippen LogP) is 0.680. The number of rotatable bonds is 8. The molecule has 16 heteroatoms. The second-order valence-corrected chi connectivity index (χ2v) is 14.1.